The summed E-state index contributed by atoms with van der Waals surface area (Å²) in [5.41, 5.74) is 0.510. The minimum atomic E-state index is -1.72. The van der Waals surface area contributed by atoms with E-state index in [-0.39, 0.29) is 5.91 Å². The van der Waals surface area contributed by atoms with E-state index in [0.29, 0.717) is 24.1 Å². The van der Waals surface area contributed by atoms with Crippen molar-refractivity contribution in [1.82, 2.24) is 5.32 Å². The molecule has 2 aliphatic rings. The monoisotopic (exact) mass is 419 g/mol. The number of carbonyl (C=O) groups excluding carboxylic acids is 1. The second-order valence-electron chi connectivity index (χ2n) is 7.26. The molecule has 0 saturated carbocycles. The van der Waals surface area contributed by atoms with Crippen molar-refractivity contribution in [1.29, 1.82) is 0 Å². The van der Waals surface area contributed by atoms with Gasteiger partial charge < -0.3 is 15.0 Å². The summed E-state index contributed by atoms with van der Waals surface area (Å²) in [5, 5.41) is 2.72. The number of carbonyl (C=O) groups is 1. The van der Waals surface area contributed by atoms with Crippen molar-refractivity contribution in [2.45, 2.75) is 48.2 Å². The molecule has 2 fully saturated rings. The number of alkyl halides is 3. The molecule has 2 heterocycles. The van der Waals surface area contributed by atoms with Gasteiger partial charge >= 0.3 is 0 Å². The molecule has 2 aliphatic heterocycles. The van der Waals surface area contributed by atoms with E-state index in [2.05, 4.69) is 5.32 Å². The van der Waals surface area contributed by atoms with Gasteiger partial charge in [0.05, 0.1) is 25.7 Å². The van der Waals surface area contributed by atoms with Crippen molar-refractivity contribution in [3.63, 3.8) is 0 Å². The van der Waals surface area contributed by atoms with Gasteiger partial charge in [-0.1, -0.05) is 53.0 Å². The van der Waals surface area contributed by atoms with Crippen LogP contribution in [0.3, 0.4) is 0 Å². The number of ether oxygens (including phenoxy) is 1. The van der Waals surface area contributed by atoms with Gasteiger partial charge in [-0.15, -0.1) is 0 Å². The van der Waals surface area contributed by atoms with E-state index in [4.69, 9.17) is 39.5 Å². The molecule has 1 amide bonds. The molecule has 0 aliphatic carbocycles. The summed E-state index contributed by atoms with van der Waals surface area (Å²) in [7, 11) is 0. The highest BCUT2D eigenvalue weighted by Gasteiger charge is 2.40. The Balaban J connectivity index is 1.61. The van der Waals surface area contributed by atoms with E-state index in [1.54, 1.807) is 29.2 Å². The zero-order chi connectivity index (χ0) is 18.6. The van der Waals surface area contributed by atoms with Crippen LogP contribution in [0.1, 0.15) is 42.5 Å². The summed E-state index contributed by atoms with van der Waals surface area (Å²) in [6.45, 7) is 3.00. The third-order valence-electron chi connectivity index (χ3n) is 5.50. The first kappa shape index (κ1) is 20.2. The Morgan fingerprint density at radius 1 is 1.15 bits per heavy atom. The predicted octanol–water partition coefficient (Wildman–Crippen LogP) is 2.98. The number of fused-ring (bicyclic) bond motifs is 1. The number of halogens is 3. The summed E-state index contributed by atoms with van der Waals surface area (Å²) in [6, 6.07) is 9.50. The van der Waals surface area contributed by atoms with Gasteiger partial charge in [0, 0.05) is 11.5 Å². The van der Waals surface area contributed by atoms with Crippen LogP contribution in [0.25, 0.3) is 0 Å². The van der Waals surface area contributed by atoms with Crippen LogP contribution in [0.5, 0.6) is 0 Å². The Labute approximate surface area is 170 Å². The number of amides is 1. The van der Waals surface area contributed by atoms with Crippen molar-refractivity contribution in [2.24, 2.45) is 5.92 Å². The molecule has 3 rings (SSSR count). The molecule has 0 radical (unpaired) electrons. The molecule has 1 unspecified atom stereocenters. The van der Waals surface area contributed by atoms with Gasteiger partial charge in [-0.25, -0.2) is 0 Å². The number of rotatable bonds is 5. The van der Waals surface area contributed by atoms with E-state index in [0.717, 1.165) is 6.42 Å². The molecular formula is C19H26Cl3N2O2+. The van der Waals surface area contributed by atoms with Gasteiger partial charge in [0.1, 0.15) is 0 Å². The second kappa shape index (κ2) is 9.11. The Morgan fingerprint density at radius 3 is 2.62 bits per heavy atom. The summed E-state index contributed by atoms with van der Waals surface area (Å²) >= 11 is 18.2. The number of piperidine rings is 2. The van der Waals surface area contributed by atoms with Crippen LogP contribution in [0.2, 0.25) is 0 Å². The third-order valence-corrected chi connectivity index (χ3v) is 6.10. The van der Waals surface area contributed by atoms with Crippen LogP contribution < -0.4 is 10.2 Å². The van der Waals surface area contributed by atoms with Crippen molar-refractivity contribution >= 4 is 40.7 Å². The van der Waals surface area contributed by atoms with Gasteiger partial charge in [-0.2, -0.15) is 0 Å². The van der Waals surface area contributed by atoms with Crippen molar-refractivity contribution < 1.29 is 14.4 Å². The Bertz CT molecular complexity index is 592. The van der Waals surface area contributed by atoms with Crippen LogP contribution in [0, 0.1) is 5.92 Å². The first-order chi connectivity index (χ1) is 12.4. The lowest BCUT2D eigenvalue weighted by Gasteiger charge is -2.41. The highest BCUT2D eigenvalue weighted by Crippen LogP contribution is 2.32. The molecule has 1 aromatic rings. The van der Waals surface area contributed by atoms with E-state index in [1.807, 2.05) is 6.07 Å². The van der Waals surface area contributed by atoms with E-state index in [1.165, 1.54) is 38.8 Å². The lowest BCUT2D eigenvalue weighted by molar-refractivity contribution is -0.940. The molecule has 0 spiro atoms. The molecule has 2 N–H and O–H groups in total. The molecule has 4 nitrogen and oxygen atoms in total. The Morgan fingerprint density at radius 2 is 1.88 bits per heavy atom. The fourth-order valence-electron chi connectivity index (χ4n) is 4.21. The molecule has 1 aromatic carbocycles. The molecule has 7 heteroatoms. The van der Waals surface area contributed by atoms with Crippen molar-refractivity contribution in [3.8, 4) is 0 Å². The normalized spacial score (nSPS) is 27.4. The third kappa shape index (κ3) is 5.26. The topological polar surface area (TPSA) is 42.8 Å². The van der Waals surface area contributed by atoms with E-state index < -0.39 is 10.0 Å². The summed E-state index contributed by atoms with van der Waals surface area (Å²) in [4.78, 5) is 14.1. The lowest BCUT2D eigenvalue weighted by atomic mass is 9.84. The Hall–Kier alpha value is -0.520. The average Bonchev–Trinajstić information content (AvgIpc) is 2.64. The summed E-state index contributed by atoms with van der Waals surface area (Å²) in [5.74, 6) is 0.137. The van der Waals surface area contributed by atoms with Gasteiger partial charge in [0.2, 0.25) is 3.79 Å². The van der Waals surface area contributed by atoms with E-state index >= 15 is 0 Å². The smallest absolute Gasteiger partial charge is 0.253 e. The van der Waals surface area contributed by atoms with Crippen LogP contribution in [0.4, 0.5) is 0 Å². The van der Waals surface area contributed by atoms with Crippen molar-refractivity contribution in [3.05, 3.63) is 35.9 Å². The number of hydrogen-bond acceptors (Lipinski definition) is 2. The molecule has 26 heavy (non-hydrogen) atoms. The zero-order valence-electron chi connectivity index (χ0n) is 14.7. The largest absolute Gasteiger partial charge is 0.353 e. The first-order valence-corrected chi connectivity index (χ1v) is 10.5. The zero-order valence-corrected chi connectivity index (χ0v) is 17.0. The number of nitrogens with one attached hydrogen (secondary N) is 2. The van der Waals surface area contributed by atoms with Crippen LogP contribution >= 0.6 is 34.8 Å². The van der Waals surface area contributed by atoms with Crippen molar-refractivity contribution in [2.75, 3.05) is 19.7 Å². The highest BCUT2D eigenvalue weighted by atomic mass is 35.6. The first-order valence-electron chi connectivity index (χ1n) is 9.34. The minimum absolute atomic E-state index is 0.310. The standard InChI is InChI=1S/C19H25Cl3N2O2/c20-19(21,22)18(23-17(25)14-7-2-1-3-8-14)26-13-15-9-6-12-24-11-5-4-10-16(15)24/h1-3,7-8,15-16,18H,4-6,9-13H2,(H,23,25)/p+1/t15-,16+,18+/m0/s1. The molecule has 2 saturated heterocycles. The molecule has 4 atom stereocenters. The maximum atomic E-state index is 12.4. The van der Waals surface area contributed by atoms with Crippen LogP contribution in [0.15, 0.2) is 30.3 Å². The van der Waals surface area contributed by atoms with Gasteiger partial charge in [0.15, 0.2) is 6.23 Å². The molecule has 144 valence electrons. The van der Waals surface area contributed by atoms with Crippen LogP contribution in [-0.2, 0) is 4.74 Å². The fraction of sp³-hybridized carbons (Fsp3) is 0.632. The number of hydrogen-bond donors (Lipinski definition) is 2. The van der Waals surface area contributed by atoms with Gasteiger partial charge in [-0.3, -0.25) is 4.79 Å². The maximum absolute atomic E-state index is 12.4. The van der Waals surface area contributed by atoms with Gasteiger partial charge in [0.25, 0.3) is 5.91 Å². The quantitative estimate of drug-likeness (QED) is 0.568. The molecule has 0 bridgehead atoms. The summed E-state index contributed by atoms with van der Waals surface area (Å²) < 4.78 is 4.22. The average molecular weight is 421 g/mol. The summed E-state index contributed by atoms with van der Waals surface area (Å²) in [6.07, 6.45) is 5.18. The Kier molecular flexibility index (Phi) is 7.09. The number of quaternary nitrogens is 1. The molecule has 0 aromatic heterocycles. The van der Waals surface area contributed by atoms with E-state index in [9.17, 15) is 4.79 Å². The SMILES string of the molecule is O=C(N[C@H](OC[C@@H]1CCC[NH+]2CCCC[C@H]12)C(Cl)(Cl)Cl)c1ccccc1. The van der Waals surface area contributed by atoms with Gasteiger partial charge in [-0.05, 0) is 44.2 Å². The number of benzene rings is 1. The maximum Gasteiger partial charge on any atom is 0.253 e. The predicted molar refractivity (Wildman–Crippen MR) is 105 cm³/mol. The second-order valence-corrected chi connectivity index (χ2v) is 9.63. The minimum Gasteiger partial charge on any atom is -0.353 e. The van der Waals surface area contributed by atoms with Crippen LogP contribution in [-0.4, -0.2) is 41.7 Å². The fourth-order valence-corrected chi connectivity index (χ4v) is 4.56. The lowest BCUT2D eigenvalue weighted by Crippen LogP contribution is -3.18. The highest BCUT2D eigenvalue weighted by molar-refractivity contribution is 6.68. The molecular weight excluding hydrogens is 395 g/mol.